The Kier molecular flexibility index (Phi) is 10.9. The molecule has 3 atom stereocenters. The molecule has 2 fully saturated rings. The van der Waals surface area contributed by atoms with E-state index in [2.05, 4.69) is 36.2 Å². The first-order valence-electron chi connectivity index (χ1n) is 17.1. The predicted molar refractivity (Wildman–Crippen MR) is 186 cm³/mol. The molecule has 3 amide bonds. The van der Waals surface area contributed by atoms with E-state index in [1.54, 1.807) is 41.4 Å². The zero-order valence-electron chi connectivity index (χ0n) is 28.0. The molecule has 262 valence electrons. The normalized spacial score (nSPS) is 21.3. The summed E-state index contributed by atoms with van der Waals surface area (Å²) in [5, 5.41) is 19.9. The van der Waals surface area contributed by atoms with Crippen LogP contribution in [0.25, 0.3) is 22.5 Å². The number of anilines is 1. The molecule has 14 heteroatoms. The number of nitrogens with zero attached hydrogens (tertiary/aromatic N) is 5. The number of hydrogen-bond donors (Lipinski definition) is 5. The monoisotopic (exact) mass is 682 g/mol. The Bertz CT molecular complexity index is 1780. The van der Waals surface area contributed by atoms with Gasteiger partial charge in [-0.15, -0.1) is 10.2 Å². The van der Waals surface area contributed by atoms with Crippen LogP contribution in [0.2, 0.25) is 0 Å². The fraction of sp³-hybridized carbons (Fsp3) is 0.417. The summed E-state index contributed by atoms with van der Waals surface area (Å²) in [5.74, 6) is -0.603. The molecule has 4 aromatic rings. The lowest BCUT2D eigenvalue weighted by Crippen LogP contribution is -2.52. The zero-order valence-corrected chi connectivity index (χ0v) is 28.0. The molecule has 0 bridgehead atoms. The van der Waals surface area contributed by atoms with E-state index in [0.717, 1.165) is 35.1 Å². The SMILES string of the molecule is Cc1cc(C(=O)NC2CCNCC2F)ncc1-c1ccc(C[C@@H](C(N)=O)N(C(=O)C2CCC(CN)CC2)c2ccc(-c3nn[nH]n3)cc2)cc1. The number of H-pyrrole nitrogens is 1. The smallest absolute Gasteiger partial charge is 0.270 e. The van der Waals surface area contributed by atoms with Crippen molar-refractivity contribution in [3.05, 3.63) is 77.6 Å². The number of aromatic amines is 1. The highest BCUT2D eigenvalue weighted by Crippen LogP contribution is 2.33. The molecule has 3 heterocycles. The predicted octanol–water partition coefficient (Wildman–Crippen LogP) is 2.86. The van der Waals surface area contributed by atoms with E-state index in [9.17, 15) is 18.8 Å². The van der Waals surface area contributed by atoms with Crippen molar-refractivity contribution in [1.29, 1.82) is 0 Å². The largest absolute Gasteiger partial charge is 0.368 e. The van der Waals surface area contributed by atoms with Gasteiger partial charge in [-0.25, -0.2) is 4.39 Å². The van der Waals surface area contributed by atoms with Crippen molar-refractivity contribution in [2.75, 3.05) is 24.5 Å². The number of piperidine rings is 1. The first-order chi connectivity index (χ1) is 24.2. The Morgan fingerprint density at radius 2 is 1.74 bits per heavy atom. The Morgan fingerprint density at radius 3 is 2.36 bits per heavy atom. The maximum Gasteiger partial charge on any atom is 0.270 e. The molecule has 1 saturated heterocycles. The van der Waals surface area contributed by atoms with Gasteiger partial charge in [-0.3, -0.25) is 24.3 Å². The van der Waals surface area contributed by atoms with Gasteiger partial charge in [-0.1, -0.05) is 24.3 Å². The van der Waals surface area contributed by atoms with Crippen LogP contribution in [0, 0.1) is 18.8 Å². The van der Waals surface area contributed by atoms with Crippen molar-refractivity contribution in [2.45, 2.75) is 63.7 Å². The van der Waals surface area contributed by atoms with E-state index < -0.39 is 30.1 Å². The van der Waals surface area contributed by atoms with Crippen molar-refractivity contribution in [2.24, 2.45) is 23.3 Å². The van der Waals surface area contributed by atoms with E-state index in [4.69, 9.17) is 11.5 Å². The maximum atomic E-state index is 14.2. The van der Waals surface area contributed by atoms with Crippen molar-refractivity contribution >= 4 is 23.4 Å². The number of aryl methyl sites for hydroxylation is 1. The van der Waals surface area contributed by atoms with Crippen LogP contribution in [-0.4, -0.2) is 81.2 Å². The minimum absolute atomic E-state index is 0.138. The number of nitrogens with one attached hydrogen (secondary N) is 3. The van der Waals surface area contributed by atoms with Gasteiger partial charge in [0, 0.05) is 41.9 Å². The number of rotatable bonds is 11. The van der Waals surface area contributed by atoms with E-state index in [1.165, 1.54) is 0 Å². The number of tetrazole rings is 1. The van der Waals surface area contributed by atoms with Crippen LogP contribution in [0.3, 0.4) is 0 Å². The van der Waals surface area contributed by atoms with Crippen LogP contribution < -0.4 is 27.0 Å². The van der Waals surface area contributed by atoms with Crippen molar-refractivity contribution in [1.82, 2.24) is 36.2 Å². The highest BCUT2D eigenvalue weighted by atomic mass is 19.1. The lowest BCUT2D eigenvalue weighted by atomic mass is 9.81. The summed E-state index contributed by atoms with van der Waals surface area (Å²) in [6.45, 7) is 3.35. The third-order valence-electron chi connectivity index (χ3n) is 9.92. The highest BCUT2D eigenvalue weighted by molar-refractivity contribution is 6.02. The summed E-state index contributed by atoms with van der Waals surface area (Å²) in [4.78, 5) is 46.1. The number of amides is 3. The van der Waals surface area contributed by atoms with Gasteiger partial charge in [0.05, 0.1) is 6.04 Å². The lowest BCUT2D eigenvalue weighted by molar-refractivity contribution is -0.127. The number of carbonyl (C=O) groups excluding carboxylic acids is 3. The molecule has 1 aliphatic carbocycles. The Labute approximate surface area is 289 Å². The van der Waals surface area contributed by atoms with Crippen LogP contribution in [0.5, 0.6) is 0 Å². The minimum atomic E-state index is -1.15. The second kappa shape index (κ2) is 15.6. The number of primary amides is 1. The van der Waals surface area contributed by atoms with E-state index in [1.807, 2.05) is 31.2 Å². The van der Waals surface area contributed by atoms with Gasteiger partial charge in [-0.2, -0.15) is 5.21 Å². The van der Waals surface area contributed by atoms with Crippen LogP contribution in [-0.2, 0) is 16.0 Å². The molecule has 1 aliphatic heterocycles. The first kappa shape index (κ1) is 34.8. The second-order valence-electron chi connectivity index (χ2n) is 13.2. The third-order valence-corrected chi connectivity index (χ3v) is 9.92. The number of nitrogens with two attached hydrogens (primary N) is 2. The highest BCUT2D eigenvalue weighted by Gasteiger charge is 2.36. The molecule has 13 nitrogen and oxygen atoms in total. The molecule has 50 heavy (non-hydrogen) atoms. The molecular formula is C36H43FN10O3. The van der Waals surface area contributed by atoms with E-state index in [-0.39, 0.29) is 30.5 Å². The summed E-state index contributed by atoms with van der Waals surface area (Å²) < 4.78 is 14.2. The molecule has 6 rings (SSSR count). The summed E-state index contributed by atoms with van der Waals surface area (Å²) in [7, 11) is 0. The summed E-state index contributed by atoms with van der Waals surface area (Å²) in [5.41, 5.74) is 16.8. The number of hydrogen-bond acceptors (Lipinski definition) is 9. The number of aromatic nitrogens is 5. The quantitative estimate of drug-likeness (QED) is 0.158. The van der Waals surface area contributed by atoms with Crippen molar-refractivity contribution in [3.8, 4) is 22.5 Å². The molecule has 1 saturated carbocycles. The average Bonchev–Trinajstić information content (AvgIpc) is 3.68. The van der Waals surface area contributed by atoms with E-state index >= 15 is 0 Å². The summed E-state index contributed by atoms with van der Waals surface area (Å²) >= 11 is 0. The first-order valence-corrected chi connectivity index (χ1v) is 17.1. The number of pyridine rings is 1. The average molecular weight is 683 g/mol. The minimum Gasteiger partial charge on any atom is -0.368 e. The van der Waals surface area contributed by atoms with Crippen LogP contribution >= 0.6 is 0 Å². The lowest BCUT2D eigenvalue weighted by Gasteiger charge is -2.35. The molecule has 2 unspecified atom stereocenters. The standard InChI is InChI=1S/C36H43FN10O3/c1-21-16-31(35(49)42-30-14-15-40-20-29(30)37)41-19-28(21)24-6-2-22(3-7-24)17-32(33(39)48)47(36(50)26-8-4-23(18-38)5-9-26)27-12-10-25(11-13-27)34-43-45-46-44-34/h2-3,6-7,10-13,16,19,23,26,29-30,32,40H,4-5,8-9,14-15,17-18,20,38H2,1H3,(H2,39,48)(H,42,49)(H,43,44,45,46)/t23?,26?,29?,30?,32-/m0/s1. The van der Waals surface area contributed by atoms with Gasteiger partial charge in [0.25, 0.3) is 5.91 Å². The van der Waals surface area contributed by atoms with Gasteiger partial charge < -0.3 is 22.1 Å². The molecule has 0 radical (unpaired) electrons. The zero-order chi connectivity index (χ0) is 35.2. The number of benzene rings is 2. The van der Waals surface area contributed by atoms with E-state index in [0.29, 0.717) is 55.3 Å². The molecule has 0 spiro atoms. The Balaban J connectivity index is 1.21. The Hall–Kier alpha value is -5.08. The Morgan fingerprint density at radius 1 is 1.02 bits per heavy atom. The van der Waals surface area contributed by atoms with Gasteiger partial charge in [-0.05, 0) is 110 Å². The van der Waals surface area contributed by atoms with Gasteiger partial charge >= 0.3 is 0 Å². The summed E-state index contributed by atoms with van der Waals surface area (Å²) in [6.07, 6.45) is 4.31. The summed E-state index contributed by atoms with van der Waals surface area (Å²) in [6, 6.07) is 15.0. The topological polar surface area (TPSA) is 198 Å². The van der Waals surface area contributed by atoms with Crippen LogP contribution in [0.4, 0.5) is 10.1 Å². The number of alkyl halides is 1. The van der Waals surface area contributed by atoms with Crippen molar-refractivity contribution < 1.29 is 18.8 Å². The number of halogens is 1. The molecule has 7 N–H and O–H groups in total. The molecule has 2 aromatic heterocycles. The van der Waals surface area contributed by atoms with Gasteiger partial charge in [0.2, 0.25) is 17.6 Å². The second-order valence-corrected chi connectivity index (χ2v) is 13.2. The number of carbonyl (C=O) groups is 3. The third kappa shape index (κ3) is 7.87. The van der Waals surface area contributed by atoms with Gasteiger partial charge in [0.1, 0.15) is 17.9 Å². The maximum absolute atomic E-state index is 14.2. The van der Waals surface area contributed by atoms with Crippen LogP contribution in [0.1, 0.15) is 53.7 Å². The molecular weight excluding hydrogens is 639 g/mol. The fourth-order valence-corrected chi connectivity index (χ4v) is 6.93. The van der Waals surface area contributed by atoms with Crippen molar-refractivity contribution in [3.63, 3.8) is 0 Å². The molecule has 2 aromatic carbocycles. The molecule has 2 aliphatic rings. The fourth-order valence-electron chi connectivity index (χ4n) is 6.93. The van der Waals surface area contributed by atoms with Gasteiger partial charge in [0.15, 0.2) is 0 Å². The van der Waals surface area contributed by atoms with Crippen LogP contribution in [0.15, 0.2) is 60.8 Å².